The van der Waals surface area contributed by atoms with Crippen LogP contribution in [0.2, 0.25) is 0 Å². The van der Waals surface area contributed by atoms with Gasteiger partial charge in [-0.25, -0.2) is 0 Å². The van der Waals surface area contributed by atoms with Gasteiger partial charge in [-0.05, 0) is 0 Å². The predicted molar refractivity (Wildman–Crippen MR) is 17.9 cm³/mol. The molecule has 0 atom stereocenters. The van der Waals surface area contributed by atoms with E-state index in [4.69, 9.17) is 0 Å². The third kappa shape index (κ3) is 8.82. The molecule has 0 aromatic carbocycles. The zero-order valence-corrected chi connectivity index (χ0v) is 6.38. The van der Waals surface area contributed by atoms with Gasteiger partial charge >= 0.3 is 23.1 Å². The second kappa shape index (κ2) is 17.3. The molecule has 0 aromatic heterocycles. The van der Waals surface area contributed by atoms with Crippen LogP contribution in [0.5, 0.6) is 0 Å². The van der Waals surface area contributed by atoms with Gasteiger partial charge in [0.25, 0.3) is 0 Å². The fourth-order valence-electron chi connectivity index (χ4n) is 0. The first kappa shape index (κ1) is 30.0. The van der Waals surface area contributed by atoms with Crippen molar-refractivity contribution >= 4 is 40.4 Å². The third-order valence-corrected chi connectivity index (χ3v) is 0. The number of hydrogen-bond acceptors (Lipinski definition) is 0. The number of hydrogen-bond donors (Lipinski definition) is 0. The van der Waals surface area contributed by atoms with Crippen molar-refractivity contribution in [3.63, 3.8) is 0 Å². The van der Waals surface area contributed by atoms with Crippen molar-refractivity contribution in [2.24, 2.45) is 0 Å². The summed E-state index contributed by atoms with van der Waals surface area (Å²) in [5.41, 5.74) is 0. The summed E-state index contributed by atoms with van der Waals surface area (Å²) in [6.07, 6.45) is 0. The Morgan fingerprint density at radius 3 is 1.25 bits per heavy atom. The van der Waals surface area contributed by atoms with Crippen LogP contribution in [-0.4, -0.2) is 40.4 Å². The van der Waals surface area contributed by atoms with Crippen molar-refractivity contribution in [1.29, 1.82) is 0 Å². The van der Waals surface area contributed by atoms with Crippen LogP contribution in [0.4, 0.5) is 0 Å². The normalized spacial score (nSPS) is 0. The van der Waals surface area contributed by atoms with E-state index in [0.717, 1.165) is 0 Å². The van der Waals surface area contributed by atoms with Crippen molar-refractivity contribution in [2.75, 3.05) is 0 Å². The molecule has 4 heteroatoms. The van der Waals surface area contributed by atoms with Crippen LogP contribution in [-0.2, 0) is 42.7 Å². The van der Waals surface area contributed by atoms with Crippen LogP contribution < -0.4 is 0 Å². The van der Waals surface area contributed by atoms with Crippen molar-refractivity contribution < 1.29 is 45.5 Å². The molecule has 0 fully saturated rings. The Bertz CT molecular complexity index is 13.5. The average Bonchev–Trinajstić information content (AvgIpc) is 0. The molecule has 0 aliphatic rings. The molecular formula is H5AlMgNiZr. The fraction of sp³-hybridized carbons (Fsp3) is 0. The van der Waals surface area contributed by atoms with Gasteiger partial charge in [-0.1, -0.05) is 0 Å². The van der Waals surface area contributed by atoms with E-state index < -0.39 is 0 Å². The smallest absolute Gasteiger partial charge is 1.00 e. The van der Waals surface area contributed by atoms with Crippen LogP contribution in [0.15, 0.2) is 0 Å². The van der Waals surface area contributed by atoms with Gasteiger partial charge in [0.2, 0.25) is 0 Å². The van der Waals surface area contributed by atoms with E-state index >= 15 is 0 Å². The van der Waals surface area contributed by atoms with Crippen molar-refractivity contribution in [2.45, 2.75) is 0 Å². The second-order valence-electron chi connectivity index (χ2n) is 0. The van der Waals surface area contributed by atoms with Crippen molar-refractivity contribution in [3.8, 4) is 0 Å². The van der Waals surface area contributed by atoms with Gasteiger partial charge in [0.15, 0.2) is 17.4 Å². The van der Waals surface area contributed by atoms with Crippen LogP contribution in [0, 0.1) is 0 Å². The molecule has 0 aromatic rings. The largest absolute Gasteiger partial charge is 2.00 e. The van der Waals surface area contributed by atoms with E-state index in [1.54, 1.807) is 0 Å². The molecule has 0 aliphatic carbocycles. The SMILES string of the molecule is [AlH3].[H-].[H-].[Mg+2].[Ni].[Zr]. The van der Waals surface area contributed by atoms with E-state index in [2.05, 4.69) is 0 Å². The molecular weight excluding hydrogens is 201 g/mol. The molecule has 0 saturated heterocycles. The van der Waals surface area contributed by atoms with Gasteiger partial charge < -0.3 is 2.85 Å². The van der Waals surface area contributed by atoms with Gasteiger partial charge in [0.05, 0.1) is 0 Å². The molecule has 0 unspecified atom stereocenters. The molecule has 4 heavy (non-hydrogen) atoms. The van der Waals surface area contributed by atoms with Gasteiger partial charge in [-0.15, -0.1) is 0 Å². The Morgan fingerprint density at radius 1 is 1.25 bits per heavy atom. The molecule has 24 valence electrons. The molecule has 0 heterocycles. The molecule has 0 spiro atoms. The summed E-state index contributed by atoms with van der Waals surface area (Å²) in [7, 11) is 0. The topological polar surface area (TPSA) is 0 Å². The Kier molecular flexibility index (Phi) is 130. The summed E-state index contributed by atoms with van der Waals surface area (Å²) >= 11 is 0. The Labute approximate surface area is 84.8 Å². The maximum absolute atomic E-state index is 0. The fourth-order valence-corrected chi connectivity index (χ4v) is 0. The number of rotatable bonds is 0. The first-order valence-corrected chi connectivity index (χ1v) is 0. The third-order valence-electron chi connectivity index (χ3n) is 0. The molecule has 0 amide bonds. The minimum absolute atomic E-state index is 0. The van der Waals surface area contributed by atoms with E-state index in [1.807, 2.05) is 0 Å². The zero-order valence-electron chi connectivity index (χ0n) is 3.52. The molecule has 0 saturated carbocycles. The minimum atomic E-state index is 0. The van der Waals surface area contributed by atoms with E-state index in [-0.39, 0.29) is 86.0 Å². The Balaban J connectivity index is 0. The van der Waals surface area contributed by atoms with E-state index in [9.17, 15) is 0 Å². The maximum Gasteiger partial charge on any atom is 2.00 e. The summed E-state index contributed by atoms with van der Waals surface area (Å²) in [6.45, 7) is 0. The average molecular weight is 206 g/mol. The van der Waals surface area contributed by atoms with Crippen LogP contribution in [0.3, 0.4) is 0 Å². The standard InChI is InChI=1S/Al.Mg.Ni.Zr.5H/q;+2;;;;;;2*-1. The zero-order chi connectivity index (χ0) is 0. The Morgan fingerprint density at radius 2 is 1.25 bits per heavy atom. The summed E-state index contributed by atoms with van der Waals surface area (Å²) in [5, 5.41) is 0. The second-order valence-corrected chi connectivity index (χ2v) is 0. The molecule has 0 bridgehead atoms. The minimum Gasteiger partial charge on any atom is -1.00 e. The molecule has 0 rings (SSSR count). The molecule has 0 radical (unpaired) electrons. The maximum atomic E-state index is 0. The van der Waals surface area contributed by atoms with E-state index in [0.29, 0.717) is 0 Å². The summed E-state index contributed by atoms with van der Waals surface area (Å²) in [6, 6.07) is 0. The summed E-state index contributed by atoms with van der Waals surface area (Å²) < 4.78 is 0. The van der Waals surface area contributed by atoms with Gasteiger partial charge in [-0.2, -0.15) is 0 Å². The van der Waals surface area contributed by atoms with Crippen LogP contribution in [0.1, 0.15) is 2.85 Å². The van der Waals surface area contributed by atoms with Crippen molar-refractivity contribution in [1.82, 2.24) is 0 Å². The van der Waals surface area contributed by atoms with Gasteiger partial charge in [0, 0.05) is 42.7 Å². The molecule has 0 nitrogen and oxygen atoms in total. The van der Waals surface area contributed by atoms with Crippen LogP contribution in [0.25, 0.3) is 0 Å². The molecule has 0 aliphatic heterocycles. The quantitative estimate of drug-likeness (QED) is 0.430. The van der Waals surface area contributed by atoms with Gasteiger partial charge in [-0.3, -0.25) is 0 Å². The first-order chi connectivity index (χ1) is 0. The summed E-state index contributed by atoms with van der Waals surface area (Å²) in [5.74, 6) is 0. The van der Waals surface area contributed by atoms with Crippen molar-refractivity contribution in [3.05, 3.63) is 0 Å². The first-order valence-electron chi connectivity index (χ1n) is 0. The molecule has 0 N–H and O–H groups in total. The monoisotopic (exact) mass is 204 g/mol. The van der Waals surface area contributed by atoms with E-state index in [1.165, 1.54) is 0 Å². The van der Waals surface area contributed by atoms with Crippen LogP contribution >= 0.6 is 0 Å². The summed E-state index contributed by atoms with van der Waals surface area (Å²) in [4.78, 5) is 0. The predicted octanol–water partition coefficient (Wildman–Crippen LogP) is -1.34. The Hall–Kier alpha value is 2.68. The van der Waals surface area contributed by atoms with Gasteiger partial charge in [0.1, 0.15) is 0 Å².